The van der Waals surface area contributed by atoms with E-state index < -0.39 is 11.7 Å². The molecule has 0 saturated carbocycles. The molecule has 5 aromatic rings. The van der Waals surface area contributed by atoms with Crippen molar-refractivity contribution in [1.82, 2.24) is 20.3 Å². The van der Waals surface area contributed by atoms with Crippen LogP contribution >= 0.6 is 11.8 Å². The van der Waals surface area contributed by atoms with E-state index in [9.17, 15) is 9.59 Å². The fraction of sp³-hybridized carbons (Fsp3) is 0.270. The summed E-state index contributed by atoms with van der Waals surface area (Å²) in [6.45, 7) is 9.66. The minimum absolute atomic E-state index is 0.0241. The van der Waals surface area contributed by atoms with E-state index in [2.05, 4.69) is 51.9 Å². The van der Waals surface area contributed by atoms with Gasteiger partial charge in [-0.05, 0) is 105 Å². The average molecular weight is 647 g/mol. The number of carbonyl (C=O) groups is 2. The van der Waals surface area contributed by atoms with Crippen molar-refractivity contribution in [1.29, 1.82) is 0 Å². The number of hydrogen-bond acceptors (Lipinski definition) is 8. The molecule has 2 amide bonds. The van der Waals surface area contributed by atoms with Crippen molar-refractivity contribution in [2.45, 2.75) is 74.8 Å². The van der Waals surface area contributed by atoms with Gasteiger partial charge in [-0.15, -0.1) is 0 Å². The largest absolute Gasteiger partial charge is 0.444 e. The summed E-state index contributed by atoms with van der Waals surface area (Å²) in [5, 5.41) is 10.3. The highest BCUT2D eigenvalue weighted by Crippen LogP contribution is 2.37. The number of nitrogens with zero attached hydrogens (tertiary/aromatic N) is 3. The summed E-state index contributed by atoms with van der Waals surface area (Å²) in [5.74, 6) is 0.722. The maximum atomic E-state index is 13.6. The van der Waals surface area contributed by atoms with Gasteiger partial charge in [0.1, 0.15) is 17.7 Å². The van der Waals surface area contributed by atoms with Crippen LogP contribution in [0.1, 0.15) is 80.2 Å². The molecular weight excluding hydrogens is 609 g/mol. The predicted molar refractivity (Wildman–Crippen MR) is 187 cm³/mol. The molecular formula is C37H38N6O3S. The van der Waals surface area contributed by atoms with Crippen molar-refractivity contribution in [3.05, 3.63) is 108 Å². The maximum absolute atomic E-state index is 13.6. The predicted octanol–water partition coefficient (Wildman–Crippen LogP) is 8.81. The van der Waals surface area contributed by atoms with Crippen molar-refractivity contribution >= 4 is 52.0 Å². The molecule has 0 saturated heterocycles. The number of amides is 2. The first-order valence-electron chi connectivity index (χ1n) is 15.7. The number of aromatic nitrogens is 3. The number of pyridine rings is 1. The van der Waals surface area contributed by atoms with E-state index in [0.29, 0.717) is 22.7 Å². The zero-order valence-corrected chi connectivity index (χ0v) is 27.9. The molecule has 0 bridgehead atoms. The molecule has 2 aromatic heterocycles. The van der Waals surface area contributed by atoms with E-state index in [1.54, 1.807) is 0 Å². The fourth-order valence-electron chi connectivity index (χ4n) is 5.47. The summed E-state index contributed by atoms with van der Waals surface area (Å²) >= 11 is 1.53. The number of ether oxygens (including phenoxy) is 1. The van der Waals surface area contributed by atoms with Gasteiger partial charge in [-0.1, -0.05) is 49.9 Å². The SMILES string of the molecule is CC(C)c1ccc2c(Nc3cc(C(=O)NC4CCc5ccccc54)ccc3Sc3ccc(NC(=O)OC(C)(C)C)cc3)ncnc2n1. The maximum Gasteiger partial charge on any atom is 0.412 e. The van der Waals surface area contributed by atoms with E-state index in [4.69, 9.17) is 9.72 Å². The summed E-state index contributed by atoms with van der Waals surface area (Å²) in [5.41, 5.74) is 5.31. The van der Waals surface area contributed by atoms with Crippen molar-refractivity contribution in [2.24, 2.45) is 0 Å². The van der Waals surface area contributed by atoms with Gasteiger partial charge < -0.3 is 15.4 Å². The molecule has 0 radical (unpaired) electrons. The lowest BCUT2D eigenvalue weighted by atomic mass is 10.1. The molecule has 1 aliphatic carbocycles. The van der Waals surface area contributed by atoms with E-state index in [0.717, 1.165) is 39.4 Å². The first-order chi connectivity index (χ1) is 22.5. The van der Waals surface area contributed by atoms with Gasteiger partial charge in [0.05, 0.1) is 17.1 Å². The second-order valence-electron chi connectivity index (χ2n) is 12.8. The van der Waals surface area contributed by atoms with E-state index >= 15 is 0 Å². The van der Waals surface area contributed by atoms with Crippen LogP contribution in [0.3, 0.4) is 0 Å². The van der Waals surface area contributed by atoms with Gasteiger partial charge in [0, 0.05) is 26.7 Å². The number of carbonyl (C=O) groups excluding carboxylic acids is 2. The number of anilines is 3. The van der Waals surface area contributed by atoms with Crippen LogP contribution < -0.4 is 16.0 Å². The van der Waals surface area contributed by atoms with Gasteiger partial charge in [-0.3, -0.25) is 10.1 Å². The molecule has 3 N–H and O–H groups in total. The Kier molecular flexibility index (Phi) is 9.13. The lowest BCUT2D eigenvalue weighted by Gasteiger charge is -2.19. The number of hydrogen-bond donors (Lipinski definition) is 3. The van der Waals surface area contributed by atoms with Crippen LogP contribution in [0.5, 0.6) is 0 Å². The fourth-order valence-corrected chi connectivity index (χ4v) is 6.35. The second kappa shape index (κ2) is 13.4. The molecule has 1 atom stereocenters. The Morgan fingerprint density at radius 3 is 2.51 bits per heavy atom. The highest BCUT2D eigenvalue weighted by Gasteiger charge is 2.24. The molecule has 0 fully saturated rings. The van der Waals surface area contributed by atoms with Gasteiger partial charge in [0.15, 0.2) is 5.65 Å². The lowest BCUT2D eigenvalue weighted by Crippen LogP contribution is -2.27. The zero-order chi connectivity index (χ0) is 33.1. The smallest absolute Gasteiger partial charge is 0.412 e. The molecule has 47 heavy (non-hydrogen) atoms. The van der Waals surface area contributed by atoms with Crippen LogP contribution in [-0.4, -0.2) is 32.6 Å². The number of benzene rings is 3. The Morgan fingerprint density at radius 2 is 1.74 bits per heavy atom. The normalized spacial score (nSPS) is 14.1. The third-order valence-corrected chi connectivity index (χ3v) is 8.85. The molecule has 0 spiro atoms. The van der Waals surface area contributed by atoms with E-state index in [1.807, 2.05) is 87.5 Å². The molecule has 2 heterocycles. The molecule has 6 rings (SSSR count). The Bertz CT molecular complexity index is 1940. The van der Waals surface area contributed by atoms with Crippen molar-refractivity contribution < 1.29 is 14.3 Å². The molecule has 1 unspecified atom stereocenters. The van der Waals surface area contributed by atoms with Crippen LogP contribution in [0.25, 0.3) is 11.0 Å². The first-order valence-corrected chi connectivity index (χ1v) is 16.5. The van der Waals surface area contributed by atoms with Gasteiger partial charge >= 0.3 is 6.09 Å². The van der Waals surface area contributed by atoms with E-state index in [-0.39, 0.29) is 17.9 Å². The topological polar surface area (TPSA) is 118 Å². The highest BCUT2D eigenvalue weighted by molar-refractivity contribution is 7.99. The first kappa shape index (κ1) is 32.0. The minimum Gasteiger partial charge on any atom is -0.444 e. The molecule has 0 aliphatic heterocycles. The van der Waals surface area contributed by atoms with Gasteiger partial charge in [0.25, 0.3) is 5.91 Å². The van der Waals surface area contributed by atoms with Crippen molar-refractivity contribution in [2.75, 3.05) is 10.6 Å². The molecule has 240 valence electrons. The quantitative estimate of drug-likeness (QED) is 0.153. The Hall–Kier alpha value is -4.96. The summed E-state index contributed by atoms with van der Waals surface area (Å²) in [6, 6.07) is 25.4. The average Bonchev–Trinajstić information content (AvgIpc) is 3.44. The second-order valence-corrected chi connectivity index (χ2v) is 14.0. The molecule has 9 nitrogen and oxygen atoms in total. The van der Waals surface area contributed by atoms with Crippen LogP contribution in [0.2, 0.25) is 0 Å². The Morgan fingerprint density at radius 1 is 0.957 bits per heavy atom. The van der Waals surface area contributed by atoms with Crippen LogP contribution in [-0.2, 0) is 11.2 Å². The summed E-state index contributed by atoms with van der Waals surface area (Å²) in [6.07, 6.45) is 2.81. The Labute approximate surface area is 279 Å². The molecule has 3 aromatic carbocycles. The highest BCUT2D eigenvalue weighted by atomic mass is 32.2. The number of fused-ring (bicyclic) bond motifs is 2. The monoisotopic (exact) mass is 646 g/mol. The number of aryl methyl sites for hydroxylation is 1. The number of nitrogens with one attached hydrogen (secondary N) is 3. The van der Waals surface area contributed by atoms with Gasteiger partial charge in [0.2, 0.25) is 0 Å². The minimum atomic E-state index is -0.588. The summed E-state index contributed by atoms with van der Waals surface area (Å²) < 4.78 is 5.37. The van der Waals surface area contributed by atoms with Crippen LogP contribution in [0.4, 0.5) is 22.0 Å². The lowest BCUT2D eigenvalue weighted by molar-refractivity contribution is 0.0635. The standard InChI is InChI=1S/C37H38N6O3S/c1-22(2)29-18-16-28-33(41-29)38-21-39-34(28)42-31-20-24(35(44)43-30-17-10-23-8-6-7-9-27(23)30)11-19-32(31)47-26-14-12-25(13-15-26)40-36(45)46-37(3,4)5/h6-9,11-16,18-22,30H,10,17H2,1-5H3,(H,40,45)(H,43,44)(H,38,39,41,42). The zero-order valence-electron chi connectivity index (χ0n) is 27.1. The Balaban J connectivity index is 1.28. The summed E-state index contributed by atoms with van der Waals surface area (Å²) in [7, 11) is 0. The third kappa shape index (κ3) is 7.72. The van der Waals surface area contributed by atoms with Crippen molar-refractivity contribution in [3.8, 4) is 0 Å². The molecule has 10 heteroatoms. The van der Waals surface area contributed by atoms with Crippen LogP contribution in [0, 0.1) is 0 Å². The molecule has 1 aliphatic rings. The van der Waals surface area contributed by atoms with Gasteiger partial charge in [-0.2, -0.15) is 0 Å². The van der Waals surface area contributed by atoms with E-state index in [1.165, 1.54) is 29.2 Å². The van der Waals surface area contributed by atoms with Crippen molar-refractivity contribution in [3.63, 3.8) is 0 Å². The third-order valence-electron chi connectivity index (χ3n) is 7.77. The van der Waals surface area contributed by atoms with Gasteiger partial charge in [-0.25, -0.2) is 19.7 Å². The summed E-state index contributed by atoms with van der Waals surface area (Å²) in [4.78, 5) is 41.3. The van der Waals surface area contributed by atoms with Crippen LogP contribution in [0.15, 0.2) is 95.0 Å². The number of rotatable bonds is 8.